The number of thioether (sulfide) groups is 1. The van der Waals surface area contributed by atoms with Crippen LogP contribution in [0.4, 0.5) is 5.69 Å². The van der Waals surface area contributed by atoms with E-state index in [1.807, 2.05) is 42.5 Å². The Hall–Kier alpha value is -3.40. The summed E-state index contributed by atoms with van der Waals surface area (Å²) < 4.78 is 29.5. The molecular weight excluding hydrogens is 458 g/mol. The van der Waals surface area contributed by atoms with Gasteiger partial charge in [-0.25, -0.2) is 0 Å². The Morgan fingerprint density at radius 3 is 2.71 bits per heavy atom. The Morgan fingerprint density at radius 2 is 1.82 bits per heavy atom. The number of carbonyl (C=O) groups excluding carboxylic acids is 1. The molecular formula is C24H23N3O6S. The van der Waals surface area contributed by atoms with Gasteiger partial charge in [-0.05, 0) is 37.1 Å². The molecule has 1 atom stereocenters. The zero-order valence-electron chi connectivity index (χ0n) is 18.3. The van der Waals surface area contributed by atoms with Crippen LogP contribution in [0.5, 0.6) is 23.0 Å². The predicted molar refractivity (Wildman–Crippen MR) is 122 cm³/mol. The first-order chi connectivity index (χ1) is 16.7. The van der Waals surface area contributed by atoms with Gasteiger partial charge < -0.3 is 28.7 Å². The maximum absolute atomic E-state index is 12.5. The summed E-state index contributed by atoms with van der Waals surface area (Å²) in [4.78, 5) is 12.5. The molecule has 1 saturated carbocycles. The lowest BCUT2D eigenvalue weighted by Crippen LogP contribution is -2.40. The van der Waals surface area contributed by atoms with Gasteiger partial charge in [0.1, 0.15) is 6.61 Å². The third kappa shape index (κ3) is 4.25. The summed E-state index contributed by atoms with van der Waals surface area (Å²) in [5.74, 6) is 2.40. The largest absolute Gasteiger partial charge is 0.485 e. The molecule has 1 N–H and O–H groups in total. The summed E-state index contributed by atoms with van der Waals surface area (Å²) in [7, 11) is 0. The number of fused-ring (bicyclic) bond motifs is 2. The van der Waals surface area contributed by atoms with Crippen LogP contribution >= 0.6 is 11.8 Å². The summed E-state index contributed by atoms with van der Waals surface area (Å²) in [6.07, 6.45) is 4.68. The molecule has 3 aromatic rings. The summed E-state index contributed by atoms with van der Waals surface area (Å²) in [5, 5.41) is 11.2. The molecule has 1 unspecified atom stereocenters. The fourth-order valence-electron chi connectivity index (χ4n) is 4.34. The number of rotatable bonds is 5. The Kier molecular flexibility index (Phi) is 5.44. The van der Waals surface area contributed by atoms with Gasteiger partial charge in [0.2, 0.25) is 12.0 Å². The van der Waals surface area contributed by atoms with Crippen LogP contribution in [0.2, 0.25) is 0 Å². The van der Waals surface area contributed by atoms with Crippen molar-refractivity contribution in [2.45, 2.75) is 49.2 Å². The highest BCUT2D eigenvalue weighted by atomic mass is 32.2. The quantitative estimate of drug-likeness (QED) is 0.517. The standard InChI is InChI=1S/C24H23N3O6S/c28-21(25-15-8-9-18-19(12-15)33-24(32-18)10-4-1-5-11-24)14-34-23-27-26-22(31-23)20-13-29-16-6-2-3-7-17(16)30-20/h2-3,6-9,12,20H,1,4-5,10-11,13-14H2,(H,25,28). The number of benzene rings is 2. The molecule has 6 rings (SSSR count). The average molecular weight is 482 g/mol. The van der Waals surface area contributed by atoms with Gasteiger partial charge in [-0.1, -0.05) is 30.3 Å². The molecule has 2 aliphatic heterocycles. The maximum atomic E-state index is 12.5. The summed E-state index contributed by atoms with van der Waals surface area (Å²) in [6, 6.07) is 12.9. The van der Waals surface area contributed by atoms with Gasteiger partial charge in [-0.15, -0.1) is 10.2 Å². The van der Waals surface area contributed by atoms with Gasteiger partial charge >= 0.3 is 0 Å². The van der Waals surface area contributed by atoms with Gasteiger partial charge in [0, 0.05) is 24.6 Å². The summed E-state index contributed by atoms with van der Waals surface area (Å²) >= 11 is 1.16. The molecule has 34 heavy (non-hydrogen) atoms. The van der Waals surface area contributed by atoms with E-state index in [-0.39, 0.29) is 23.5 Å². The van der Waals surface area contributed by atoms with Crippen LogP contribution in [-0.2, 0) is 4.79 Å². The molecule has 1 aromatic heterocycles. The molecule has 1 spiro atoms. The van der Waals surface area contributed by atoms with E-state index >= 15 is 0 Å². The minimum atomic E-state index is -0.538. The number of nitrogens with zero attached hydrogens (tertiary/aromatic N) is 2. The van der Waals surface area contributed by atoms with Crippen molar-refractivity contribution in [2.75, 3.05) is 17.7 Å². The smallest absolute Gasteiger partial charge is 0.277 e. The molecule has 3 aliphatic rings. The van der Waals surface area contributed by atoms with E-state index in [1.165, 1.54) is 6.42 Å². The molecule has 2 aromatic carbocycles. The Labute approximate surface area is 200 Å². The molecule has 1 aliphatic carbocycles. The highest BCUT2D eigenvalue weighted by molar-refractivity contribution is 7.99. The van der Waals surface area contributed by atoms with E-state index in [9.17, 15) is 4.79 Å². The van der Waals surface area contributed by atoms with E-state index in [0.29, 0.717) is 28.8 Å². The predicted octanol–water partition coefficient (Wildman–Crippen LogP) is 4.74. The maximum Gasteiger partial charge on any atom is 0.277 e. The first-order valence-electron chi connectivity index (χ1n) is 11.3. The normalized spacial score (nSPS) is 19.7. The Morgan fingerprint density at radius 1 is 1.00 bits per heavy atom. The number of anilines is 1. The molecule has 0 bridgehead atoms. The summed E-state index contributed by atoms with van der Waals surface area (Å²) in [5.41, 5.74) is 0.651. The van der Waals surface area contributed by atoms with Gasteiger partial charge in [0.05, 0.1) is 5.75 Å². The van der Waals surface area contributed by atoms with Crippen molar-refractivity contribution in [1.82, 2.24) is 10.2 Å². The SMILES string of the molecule is O=C(CSc1nnc(C2COc3ccccc3O2)o1)Nc1ccc2c(c1)OC1(CCCCC1)O2. The summed E-state index contributed by atoms with van der Waals surface area (Å²) in [6.45, 7) is 0.273. The lowest BCUT2D eigenvalue weighted by Gasteiger charge is -2.31. The lowest BCUT2D eigenvalue weighted by atomic mass is 9.94. The Bertz CT molecular complexity index is 1210. The number of ether oxygens (including phenoxy) is 4. The number of nitrogens with one attached hydrogen (secondary N) is 1. The number of amides is 1. The zero-order chi connectivity index (χ0) is 23.0. The van der Waals surface area contributed by atoms with Crippen molar-refractivity contribution in [2.24, 2.45) is 0 Å². The molecule has 0 radical (unpaired) electrons. The lowest BCUT2D eigenvalue weighted by molar-refractivity contribution is -0.113. The number of aromatic nitrogens is 2. The van der Waals surface area contributed by atoms with Crippen LogP contribution in [-0.4, -0.2) is 34.3 Å². The van der Waals surface area contributed by atoms with Crippen LogP contribution in [0.1, 0.15) is 44.1 Å². The molecule has 10 heteroatoms. The fraction of sp³-hybridized carbons (Fsp3) is 0.375. The number of hydrogen-bond acceptors (Lipinski definition) is 9. The van der Waals surface area contributed by atoms with Crippen molar-refractivity contribution in [1.29, 1.82) is 0 Å². The minimum absolute atomic E-state index is 0.116. The van der Waals surface area contributed by atoms with Gasteiger partial charge in [0.25, 0.3) is 16.9 Å². The van der Waals surface area contributed by atoms with E-state index < -0.39 is 11.9 Å². The molecule has 3 heterocycles. The number of hydrogen-bond donors (Lipinski definition) is 1. The van der Waals surface area contributed by atoms with E-state index in [2.05, 4.69) is 15.5 Å². The van der Waals surface area contributed by atoms with Crippen molar-refractivity contribution < 1.29 is 28.2 Å². The van der Waals surface area contributed by atoms with Crippen molar-refractivity contribution in [3.05, 3.63) is 48.4 Å². The first-order valence-corrected chi connectivity index (χ1v) is 12.3. The average Bonchev–Trinajstić information content (AvgIpc) is 3.47. The monoisotopic (exact) mass is 481 g/mol. The third-order valence-corrected chi connectivity index (χ3v) is 6.79. The van der Waals surface area contributed by atoms with Crippen molar-refractivity contribution in [3.63, 3.8) is 0 Å². The van der Waals surface area contributed by atoms with Crippen LogP contribution in [0.3, 0.4) is 0 Å². The number of carbonyl (C=O) groups is 1. The third-order valence-electron chi connectivity index (χ3n) is 5.97. The van der Waals surface area contributed by atoms with Gasteiger partial charge in [-0.2, -0.15) is 0 Å². The molecule has 1 fully saturated rings. The van der Waals surface area contributed by atoms with Crippen LogP contribution in [0.25, 0.3) is 0 Å². The van der Waals surface area contributed by atoms with Crippen molar-refractivity contribution in [3.8, 4) is 23.0 Å². The van der Waals surface area contributed by atoms with Gasteiger partial charge in [0.15, 0.2) is 23.0 Å². The van der Waals surface area contributed by atoms with E-state index in [0.717, 1.165) is 43.2 Å². The Balaban J connectivity index is 1.03. The molecule has 0 saturated heterocycles. The van der Waals surface area contributed by atoms with E-state index in [1.54, 1.807) is 0 Å². The first kappa shape index (κ1) is 21.2. The van der Waals surface area contributed by atoms with Crippen LogP contribution in [0.15, 0.2) is 52.1 Å². The second-order valence-corrected chi connectivity index (χ2v) is 9.37. The number of para-hydroxylation sites is 2. The zero-order valence-corrected chi connectivity index (χ0v) is 19.1. The molecule has 176 valence electrons. The van der Waals surface area contributed by atoms with Gasteiger partial charge in [-0.3, -0.25) is 4.79 Å². The highest BCUT2D eigenvalue weighted by Gasteiger charge is 2.42. The fourth-order valence-corrected chi connectivity index (χ4v) is 4.91. The second-order valence-electron chi connectivity index (χ2n) is 8.44. The highest BCUT2D eigenvalue weighted by Crippen LogP contribution is 2.46. The van der Waals surface area contributed by atoms with Crippen LogP contribution in [0, 0.1) is 0 Å². The minimum Gasteiger partial charge on any atom is -0.485 e. The molecule has 9 nitrogen and oxygen atoms in total. The topological polar surface area (TPSA) is 105 Å². The van der Waals surface area contributed by atoms with Crippen molar-refractivity contribution >= 4 is 23.4 Å². The second kappa shape index (κ2) is 8.75. The van der Waals surface area contributed by atoms with E-state index in [4.69, 9.17) is 23.4 Å². The molecule has 1 amide bonds. The van der Waals surface area contributed by atoms with Crippen LogP contribution < -0.4 is 24.3 Å².